The molecule has 1 fully saturated rings. The van der Waals surface area contributed by atoms with Gasteiger partial charge in [0.15, 0.2) is 0 Å². The number of carbonyl (C=O) groups excluding carboxylic acids is 1. The van der Waals surface area contributed by atoms with Gasteiger partial charge in [-0.15, -0.1) is 0 Å². The lowest BCUT2D eigenvalue weighted by molar-refractivity contribution is -0.129. The number of nitrogens with zero attached hydrogens (tertiary/aromatic N) is 2. The molecule has 0 radical (unpaired) electrons. The largest absolute Gasteiger partial charge is 0.335 e. The molecule has 0 aliphatic carbocycles. The van der Waals surface area contributed by atoms with Gasteiger partial charge < -0.3 is 10.2 Å². The number of aromatic nitrogens is 1. The van der Waals surface area contributed by atoms with Crippen LogP contribution in [0.4, 0.5) is 0 Å². The van der Waals surface area contributed by atoms with Crippen LogP contribution in [0, 0.1) is 0 Å². The van der Waals surface area contributed by atoms with Crippen molar-refractivity contribution in [1.82, 2.24) is 15.2 Å². The van der Waals surface area contributed by atoms with Crippen molar-refractivity contribution in [2.75, 3.05) is 13.6 Å². The summed E-state index contributed by atoms with van der Waals surface area (Å²) in [7, 11) is 1.84. The van der Waals surface area contributed by atoms with Crippen LogP contribution in [0.1, 0.15) is 24.6 Å². The minimum Gasteiger partial charge on any atom is -0.335 e. The smallest absolute Gasteiger partial charge is 0.240 e. The molecule has 1 aromatic heterocycles. The second-order valence-corrected chi connectivity index (χ2v) is 4.35. The fourth-order valence-electron chi connectivity index (χ4n) is 2.28. The second kappa shape index (κ2) is 5.27. The first-order valence-corrected chi connectivity index (χ1v) is 6.15. The van der Waals surface area contributed by atoms with Crippen molar-refractivity contribution >= 4 is 5.91 Å². The Hall–Kier alpha value is -1.42. The van der Waals surface area contributed by atoms with E-state index in [1.165, 1.54) is 5.56 Å². The van der Waals surface area contributed by atoms with Gasteiger partial charge in [-0.2, -0.15) is 0 Å². The maximum Gasteiger partial charge on any atom is 0.240 e. The van der Waals surface area contributed by atoms with Crippen molar-refractivity contribution in [2.24, 2.45) is 0 Å². The van der Waals surface area contributed by atoms with Crippen molar-refractivity contribution in [3.05, 3.63) is 29.6 Å². The maximum absolute atomic E-state index is 12.0. The van der Waals surface area contributed by atoms with E-state index in [-0.39, 0.29) is 11.9 Å². The quantitative estimate of drug-likeness (QED) is 0.842. The molecule has 1 amide bonds. The summed E-state index contributed by atoms with van der Waals surface area (Å²) < 4.78 is 0. The predicted molar refractivity (Wildman–Crippen MR) is 66.5 cm³/mol. The third kappa shape index (κ3) is 2.47. The Bertz CT molecular complexity index is 405. The van der Waals surface area contributed by atoms with E-state index in [9.17, 15) is 4.79 Å². The van der Waals surface area contributed by atoms with Crippen LogP contribution >= 0.6 is 0 Å². The third-order valence-electron chi connectivity index (χ3n) is 3.35. The van der Waals surface area contributed by atoms with Crippen LogP contribution in [0.2, 0.25) is 0 Å². The molecule has 2 rings (SSSR count). The van der Waals surface area contributed by atoms with E-state index in [0.717, 1.165) is 25.1 Å². The van der Waals surface area contributed by atoms with Crippen LogP contribution in [0.25, 0.3) is 0 Å². The van der Waals surface area contributed by atoms with E-state index < -0.39 is 0 Å². The molecule has 0 bridgehead atoms. The van der Waals surface area contributed by atoms with Gasteiger partial charge in [-0.1, -0.05) is 13.0 Å². The summed E-state index contributed by atoms with van der Waals surface area (Å²) in [5, 5.41) is 3.05. The molecule has 1 unspecified atom stereocenters. The van der Waals surface area contributed by atoms with E-state index in [0.29, 0.717) is 6.54 Å². The summed E-state index contributed by atoms with van der Waals surface area (Å²) in [4.78, 5) is 18.3. The lowest BCUT2D eigenvalue weighted by atomic mass is 10.1. The number of carbonyl (C=O) groups is 1. The zero-order valence-corrected chi connectivity index (χ0v) is 10.4. The van der Waals surface area contributed by atoms with Crippen molar-refractivity contribution < 1.29 is 4.79 Å². The Labute approximate surface area is 102 Å². The molecule has 4 nitrogen and oxygen atoms in total. The average molecular weight is 233 g/mol. The zero-order chi connectivity index (χ0) is 12.3. The number of hydrogen-bond acceptors (Lipinski definition) is 3. The Balaban J connectivity index is 2.09. The molecular formula is C13H19N3O. The Morgan fingerprint density at radius 3 is 3.06 bits per heavy atom. The van der Waals surface area contributed by atoms with Crippen molar-refractivity contribution in [3.8, 4) is 0 Å². The highest BCUT2D eigenvalue weighted by atomic mass is 16.2. The molecule has 1 saturated heterocycles. The van der Waals surface area contributed by atoms with Crippen LogP contribution in [0.15, 0.2) is 18.3 Å². The first-order valence-electron chi connectivity index (χ1n) is 6.15. The monoisotopic (exact) mass is 233 g/mol. The maximum atomic E-state index is 12.0. The van der Waals surface area contributed by atoms with Gasteiger partial charge in [0.2, 0.25) is 5.91 Å². The number of aryl methyl sites for hydroxylation is 1. The van der Waals surface area contributed by atoms with Crippen LogP contribution in [0.3, 0.4) is 0 Å². The van der Waals surface area contributed by atoms with Crippen molar-refractivity contribution in [2.45, 2.75) is 32.4 Å². The minimum atomic E-state index is -0.0104. The first-order chi connectivity index (χ1) is 8.26. The van der Waals surface area contributed by atoms with Gasteiger partial charge in [-0.3, -0.25) is 9.78 Å². The molecule has 17 heavy (non-hydrogen) atoms. The standard InChI is InChI=1S/C13H19N3O/c1-3-10-5-4-7-15-12(10)9-16-8-6-11(14-2)13(16)17/h4-5,7,11,14H,3,6,8-9H2,1-2H3. The first kappa shape index (κ1) is 12.0. The number of nitrogens with one attached hydrogen (secondary N) is 1. The SMILES string of the molecule is CCc1cccnc1CN1CCC(NC)C1=O. The number of likely N-dealkylation sites (N-methyl/N-ethyl adjacent to an activating group) is 1. The fraction of sp³-hybridized carbons (Fsp3) is 0.538. The zero-order valence-electron chi connectivity index (χ0n) is 10.4. The summed E-state index contributed by atoms with van der Waals surface area (Å²) in [6.07, 6.45) is 3.65. The lowest BCUT2D eigenvalue weighted by Gasteiger charge is -2.17. The second-order valence-electron chi connectivity index (χ2n) is 4.35. The number of amides is 1. The fourth-order valence-corrected chi connectivity index (χ4v) is 2.28. The van der Waals surface area contributed by atoms with E-state index in [1.807, 2.05) is 18.0 Å². The third-order valence-corrected chi connectivity index (χ3v) is 3.35. The highest BCUT2D eigenvalue weighted by molar-refractivity contribution is 5.83. The topological polar surface area (TPSA) is 45.2 Å². The van der Waals surface area contributed by atoms with E-state index in [4.69, 9.17) is 0 Å². The van der Waals surface area contributed by atoms with Gasteiger partial charge in [0.05, 0.1) is 18.3 Å². The molecule has 1 N–H and O–H groups in total. The van der Waals surface area contributed by atoms with Gasteiger partial charge in [0.1, 0.15) is 0 Å². The molecule has 92 valence electrons. The van der Waals surface area contributed by atoms with Gasteiger partial charge in [-0.05, 0) is 31.5 Å². The molecule has 1 aromatic rings. The molecular weight excluding hydrogens is 214 g/mol. The molecule has 1 aliphatic heterocycles. The van der Waals surface area contributed by atoms with Crippen LogP contribution in [-0.4, -0.2) is 35.4 Å². The number of hydrogen-bond donors (Lipinski definition) is 1. The highest BCUT2D eigenvalue weighted by Gasteiger charge is 2.30. The summed E-state index contributed by atoms with van der Waals surface area (Å²) >= 11 is 0. The van der Waals surface area contributed by atoms with Gasteiger partial charge in [0, 0.05) is 12.7 Å². The number of likely N-dealkylation sites (tertiary alicyclic amines) is 1. The molecule has 0 spiro atoms. The normalized spacial score (nSPS) is 20.0. The van der Waals surface area contributed by atoms with Gasteiger partial charge in [-0.25, -0.2) is 0 Å². The Morgan fingerprint density at radius 1 is 1.59 bits per heavy atom. The van der Waals surface area contributed by atoms with Gasteiger partial charge in [0.25, 0.3) is 0 Å². The number of rotatable bonds is 4. The number of pyridine rings is 1. The summed E-state index contributed by atoms with van der Waals surface area (Å²) in [5.74, 6) is 0.195. The van der Waals surface area contributed by atoms with E-state index in [1.54, 1.807) is 6.20 Å². The molecule has 0 saturated carbocycles. The molecule has 0 aromatic carbocycles. The summed E-state index contributed by atoms with van der Waals surface area (Å²) in [5.41, 5.74) is 2.26. The Morgan fingerprint density at radius 2 is 2.41 bits per heavy atom. The minimum absolute atomic E-state index is 0.0104. The lowest BCUT2D eigenvalue weighted by Crippen LogP contribution is -2.36. The molecule has 4 heteroatoms. The van der Waals surface area contributed by atoms with Crippen molar-refractivity contribution in [3.63, 3.8) is 0 Å². The van der Waals surface area contributed by atoms with E-state index in [2.05, 4.69) is 23.3 Å². The Kier molecular flexibility index (Phi) is 3.74. The highest BCUT2D eigenvalue weighted by Crippen LogP contribution is 2.16. The van der Waals surface area contributed by atoms with E-state index >= 15 is 0 Å². The van der Waals surface area contributed by atoms with Crippen molar-refractivity contribution in [1.29, 1.82) is 0 Å². The predicted octanol–water partition coefficient (Wildman–Crippen LogP) is 0.964. The molecule has 1 atom stereocenters. The average Bonchev–Trinajstić information content (AvgIpc) is 2.71. The van der Waals surface area contributed by atoms with Gasteiger partial charge >= 0.3 is 0 Å². The summed E-state index contributed by atoms with van der Waals surface area (Å²) in [6, 6.07) is 4.02. The molecule has 2 heterocycles. The summed E-state index contributed by atoms with van der Waals surface area (Å²) in [6.45, 7) is 3.58. The molecule has 1 aliphatic rings. The van der Waals surface area contributed by atoms with Crippen LogP contribution < -0.4 is 5.32 Å². The van der Waals surface area contributed by atoms with Crippen LogP contribution in [0.5, 0.6) is 0 Å². The van der Waals surface area contributed by atoms with Crippen LogP contribution in [-0.2, 0) is 17.8 Å².